The minimum atomic E-state index is -0.406. The Bertz CT molecular complexity index is 622. The smallest absolute Gasteiger partial charge is 0.227 e. The quantitative estimate of drug-likeness (QED) is 0.941. The molecule has 6 heteroatoms. The third kappa shape index (κ3) is 2.85. The van der Waals surface area contributed by atoms with E-state index in [1.54, 1.807) is 12.1 Å². The van der Waals surface area contributed by atoms with Gasteiger partial charge in [0.25, 0.3) is 0 Å². The molecule has 0 unspecified atom stereocenters. The number of ether oxygens (including phenoxy) is 1. The number of hydrogen-bond acceptors (Lipinski definition) is 4. The maximum Gasteiger partial charge on any atom is 0.227 e. The van der Waals surface area contributed by atoms with Crippen LogP contribution in [0.3, 0.4) is 0 Å². The maximum absolute atomic E-state index is 11.6. The van der Waals surface area contributed by atoms with Gasteiger partial charge in [-0.05, 0) is 18.2 Å². The highest BCUT2D eigenvalue weighted by atomic mass is 35.5. The zero-order valence-electron chi connectivity index (χ0n) is 9.02. The summed E-state index contributed by atoms with van der Waals surface area (Å²) in [5, 5.41) is 9.56. The van der Waals surface area contributed by atoms with Crippen LogP contribution in [0.1, 0.15) is 5.76 Å². The van der Waals surface area contributed by atoms with E-state index >= 15 is 0 Å². The summed E-state index contributed by atoms with van der Waals surface area (Å²) in [4.78, 5) is 11.6. The average Bonchev–Trinajstić information content (AvgIpc) is 2.34. The Morgan fingerprint density at radius 2 is 2.00 bits per heavy atom. The Morgan fingerprint density at radius 1 is 1.22 bits per heavy atom. The molecule has 0 aliphatic carbocycles. The lowest BCUT2D eigenvalue weighted by atomic mass is 10.3. The van der Waals surface area contributed by atoms with Crippen molar-refractivity contribution in [2.45, 2.75) is 6.61 Å². The third-order valence-corrected chi connectivity index (χ3v) is 2.65. The van der Waals surface area contributed by atoms with Crippen molar-refractivity contribution in [2.24, 2.45) is 0 Å². The number of rotatable bonds is 3. The molecule has 1 heterocycles. The molecule has 1 aromatic carbocycles. The van der Waals surface area contributed by atoms with Crippen LogP contribution in [0.15, 0.2) is 39.7 Å². The highest BCUT2D eigenvalue weighted by Crippen LogP contribution is 2.30. The van der Waals surface area contributed by atoms with Gasteiger partial charge in [0.05, 0.1) is 5.02 Å². The third-order valence-electron chi connectivity index (χ3n) is 2.12. The van der Waals surface area contributed by atoms with Crippen molar-refractivity contribution in [3.8, 4) is 11.5 Å². The first-order valence-corrected chi connectivity index (χ1v) is 5.71. The van der Waals surface area contributed by atoms with Gasteiger partial charge in [0.15, 0.2) is 0 Å². The summed E-state index contributed by atoms with van der Waals surface area (Å²) >= 11 is 11.7. The van der Waals surface area contributed by atoms with Crippen molar-refractivity contribution in [2.75, 3.05) is 0 Å². The monoisotopic (exact) mass is 286 g/mol. The molecule has 0 atom stereocenters. The van der Waals surface area contributed by atoms with Crippen LogP contribution in [0.25, 0.3) is 0 Å². The normalized spacial score (nSPS) is 10.4. The molecule has 0 aliphatic heterocycles. The standard InChI is InChI=1S/C12H8Cl2O4/c13-7-1-2-11(9(14)3-7)18-12-6-17-8(5-15)4-10(12)16/h1-4,6,15H,5H2. The minimum absolute atomic E-state index is 0.0172. The van der Waals surface area contributed by atoms with E-state index in [9.17, 15) is 4.79 Å². The van der Waals surface area contributed by atoms with E-state index in [-0.39, 0.29) is 23.1 Å². The van der Waals surface area contributed by atoms with E-state index in [4.69, 9.17) is 37.5 Å². The van der Waals surface area contributed by atoms with Gasteiger partial charge in [-0.1, -0.05) is 23.2 Å². The second-order valence-corrected chi connectivity index (χ2v) is 4.25. The lowest BCUT2D eigenvalue weighted by Gasteiger charge is -2.06. The van der Waals surface area contributed by atoms with E-state index in [2.05, 4.69) is 0 Å². The topological polar surface area (TPSA) is 59.7 Å². The lowest BCUT2D eigenvalue weighted by molar-refractivity contribution is 0.241. The summed E-state index contributed by atoms with van der Waals surface area (Å²) in [5.41, 5.74) is -0.406. The van der Waals surface area contributed by atoms with Gasteiger partial charge in [-0.2, -0.15) is 0 Å². The number of aliphatic hydroxyl groups is 1. The fourth-order valence-corrected chi connectivity index (χ4v) is 1.72. The van der Waals surface area contributed by atoms with Gasteiger partial charge in [-0.25, -0.2) is 0 Å². The van der Waals surface area contributed by atoms with Crippen LogP contribution in [0, 0.1) is 0 Å². The summed E-state index contributed by atoms with van der Waals surface area (Å²) < 4.78 is 10.3. The van der Waals surface area contributed by atoms with Crippen LogP contribution < -0.4 is 10.2 Å². The van der Waals surface area contributed by atoms with Gasteiger partial charge < -0.3 is 14.3 Å². The van der Waals surface area contributed by atoms with E-state index in [0.29, 0.717) is 10.8 Å². The molecule has 0 saturated heterocycles. The average molecular weight is 287 g/mol. The van der Waals surface area contributed by atoms with Gasteiger partial charge in [0.1, 0.15) is 24.4 Å². The molecule has 2 rings (SSSR count). The minimum Gasteiger partial charge on any atom is -0.463 e. The summed E-state index contributed by atoms with van der Waals surface area (Å²) in [6.45, 7) is -0.350. The number of aliphatic hydroxyl groups excluding tert-OH is 1. The zero-order chi connectivity index (χ0) is 13.1. The first kappa shape index (κ1) is 13.0. The van der Waals surface area contributed by atoms with Gasteiger partial charge >= 0.3 is 0 Å². The van der Waals surface area contributed by atoms with Crippen LogP contribution in [-0.2, 0) is 6.61 Å². The molecule has 18 heavy (non-hydrogen) atoms. The second-order valence-electron chi connectivity index (χ2n) is 3.41. The molecule has 0 aliphatic rings. The number of hydrogen-bond donors (Lipinski definition) is 1. The molecule has 0 fully saturated rings. The summed E-state index contributed by atoms with van der Waals surface area (Å²) in [7, 11) is 0. The van der Waals surface area contributed by atoms with Crippen molar-refractivity contribution >= 4 is 23.2 Å². The summed E-state index contributed by atoms with van der Waals surface area (Å²) in [5.74, 6) is 0.441. The lowest BCUT2D eigenvalue weighted by Crippen LogP contribution is -2.04. The molecular formula is C12H8Cl2O4. The number of benzene rings is 1. The van der Waals surface area contributed by atoms with Crippen LogP contribution in [-0.4, -0.2) is 5.11 Å². The van der Waals surface area contributed by atoms with Crippen molar-refractivity contribution in [1.82, 2.24) is 0 Å². The highest BCUT2D eigenvalue weighted by Gasteiger charge is 2.08. The van der Waals surface area contributed by atoms with Crippen molar-refractivity contribution in [1.29, 1.82) is 0 Å². The van der Waals surface area contributed by atoms with Crippen molar-refractivity contribution in [3.05, 3.63) is 56.6 Å². The van der Waals surface area contributed by atoms with E-state index in [1.165, 1.54) is 6.07 Å². The molecule has 1 aromatic heterocycles. The largest absolute Gasteiger partial charge is 0.463 e. The highest BCUT2D eigenvalue weighted by molar-refractivity contribution is 6.35. The molecule has 0 saturated carbocycles. The Morgan fingerprint density at radius 3 is 2.61 bits per heavy atom. The molecule has 0 amide bonds. The predicted molar refractivity (Wildman–Crippen MR) is 67.4 cm³/mol. The second kappa shape index (κ2) is 5.44. The first-order valence-electron chi connectivity index (χ1n) is 4.95. The van der Waals surface area contributed by atoms with E-state index in [0.717, 1.165) is 12.3 Å². The molecule has 4 nitrogen and oxygen atoms in total. The fourth-order valence-electron chi connectivity index (χ4n) is 1.27. The molecule has 0 spiro atoms. The maximum atomic E-state index is 11.6. The van der Waals surface area contributed by atoms with Crippen molar-refractivity contribution < 1.29 is 14.3 Å². The number of halogens is 2. The van der Waals surface area contributed by atoms with Gasteiger partial charge in [0, 0.05) is 11.1 Å². The van der Waals surface area contributed by atoms with E-state index < -0.39 is 5.43 Å². The van der Waals surface area contributed by atoms with E-state index in [1.807, 2.05) is 0 Å². The molecule has 0 bridgehead atoms. The van der Waals surface area contributed by atoms with Gasteiger partial charge in [-0.3, -0.25) is 4.79 Å². The first-order chi connectivity index (χ1) is 8.60. The Kier molecular flexibility index (Phi) is 3.91. The molecular weight excluding hydrogens is 279 g/mol. The van der Waals surface area contributed by atoms with Crippen LogP contribution in [0.5, 0.6) is 11.5 Å². The Labute approximate surface area is 112 Å². The fraction of sp³-hybridized carbons (Fsp3) is 0.0833. The molecule has 2 aromatic rings. The SMILES string of the molecule is O=c1cc(CO)occ1Oc1ccc(Cl)cc1Cl. The van der Waals surface area contributed by atoms with Crippen LogP contribution >= 0.6 is 23.2 Å². The Balaban J connectivity index is 2.31. The van der Waals surface area contributed by atoms with Crippen LogP contribution in [0.2, 0.25) is 10.0 Å². The molecule has 0 radical (unpaired) electrons. The predicted octanol–water partition coefficient (Wildman–Crippen LogP) is 3.23. The summed E-state index contributed by atoms with van der Waals surface area (Å²) in [6, 6.07) is 5.79. The Hall–Kier alpha value is -1.49. The van der Waals surface area contributed by atoms with Crippen LogP contribution in [0.4, 0.5) is 0 Å². The van der Waals surface area contributed by atoms with Crippen molar-refractivity contribution in [3.63, 3.8) is 0 Å². The van der Waals surface area contributed by atoms with Gasteiger partial charge in [-0.15, -0.1) is 0 Å². The molecule has 94 valence electrons. The van der Waals surface area contributed by atoms with Gasteiger partial charge in [0.2, 0.25) is 11.2 Å². The molecule has 1 N–H and O–H groups in total. The summed E-state index contributed by atoms with van der Waals surface area (Å²) in [6.07, 6.45) is 1.12. The zero-order valence-corrected chi connectivity index (χ0v) is 10.5.